The van der Waals surface area contributed by atoms with E-state index in [1.807, 2.05) is 0 Å². The van der Waals surface area contributed by atoms with Gasteiger partial charge < -0.3 is 5.32 Å². The number of aromatic nitrogens is 2. The van der Waals surface area contributed by atoms with Crippen molar-refractivity contribution < 1.29 is 4.92 Å². The number of hydrogen-bond acceptors (Lipinski definition) is 6. The van der Waals surface area contributed by atoms with Gasteiger partial charge in [-0.1, -0.05) is 18.5 Å². The van der Waals surface area contributed by atoms with Crippen LogP contribution >= 0.6 is 11.6 Å². The van der Waals surface area contributed by atoms with Crippen LogP contribution in [0, 0.1) is 10.1 Å². The van der Waals surface area contributed by atoms with Gasteiger partial charge in [0.2, 0.25) is 11.0 Å². The molecule has 8 heteroatoms. The third kappa shape index (κ3) is 3.51. The molecular weight excluding hydrogens is 270 g/mol. The molecule has 1 aromatic rings. The Morgan fingerprint density at radius 2 is 2.32 bits per heavy atom. The summed E-state index contributed by atoms with van der Waals surface area (Å²) < 4.78 is 0. The van der Waals surface area contributed by atoms with E-state index < -0.39 is 4.92 Å². The lowest BCUT2D eigenvalue weighted by Gasteiger charge is -2.19. The molecule has 1 aliphatic rings. The highest BCUT2D eigenvalue weighted by Crippen LogP contribution is 2.28. The highest BCUT2D eigenvalue weighted by molar-refractivity contribution is 6.31. The van der Waals surface area contributed by atoms with Gasteiger partial charge in [0, 0.05) is 19.1 Å². The van der Waals surface area contributed by atoms with E-state index in [2.05, 4.69) is 27.1 Å². The number of halogens is 1. The van der Waals surface area contributed by atoms with E-state index in [4.69, 9.17) is 11.6 Å². The van der Waals surface area contributed by atoms with Crippen molar-refractivity contribution in [3.63, 3.8) is 0 Å². The zero-order valence-corrected chi connectivity index (χ0v) is 11.4. The minimum Gasteiger partial charge on any atom is -0.363 e. The van der Waals surface area contributed by atoms with E-state index in [1.54, 1.807) is 0 Å². The second kappa shape index (κ2) is 6.12. The van der Waals surface area contributed by atoms with Crippen molar-refractivity contribution in [2.75, 3.05) is 25.0 Å². The zero-order valence-electron chi connectivity index (χ0n) is 10.7. The number of rotatable bonds is 7. The molecule has 0 aromatic carbocycles. The normalized spacial score (nSPS) is 14.7. The first kappa shape index (κ1) is 14.0. The molecule has 0 aliphatic heterocycles. The molecule has 0 spiro atoms. The van der Waals surface area contributed by atoms with Crippen molar-refractivity contribution in [3.05, 3.63) is 21.6 Å². The number of anilines is 1. The van der Waals surface area contributed by atoms with Crippen LogP contribution in [0.3, 0.4) is 0 Å². The van der Waals surface area contributed by atoms with Gasteiger partial charge in [-0.25, -0.2) is 9.97 Å². The highest BCUT2D eigenvalue weighted by Gasteiger charge is 2.27. The fraction of sp³-hybridized carbons (Fsp3) is 0.636. The first-order chi connectivity index (χ1) is 9.13. The molecule has 1 saturated carbocycles. The van der Waals surface area contributed by atoms with Crippen molar-refractivity contribution in [2.24, 2.45) is 0 Å². The zero-order chi connectivity index (χ0) is 13.8. The Morgan fingerprint density at radius 1 is 1.58 bits per heavy atom. The van der Waals surface area contributed by atoms with Crippen LogP contribution in [0.25, 0.3) is 0 Å². The highest BCUT2D eigenvalue weighted by atomic mass is 35.5. The topological polar surface area (TPSA) is 84.2 Å². The van der Waals surface area contributed by atoms with Crippen LogP contribution in [0.2, 0.25) is 5.15 Å². The van der Waals surface area contributed by atoms with Crippen LogP contribution in [0.1, 0.15) is 19.8 Å². The largest absolute Gasteiger partial charge is 0.363 e. The van der Waals surface area contributed by atoms with Crippen molar-refractivity contribution in [1.82, 2.24) is 14.9 Å². The van der Waals surface area contributed by atoms with E-state index in [0.29, 0.717) is 12.6 Å². The third-order valence-electron chi connectivity index (χ3n) is 3.12. The second-order valence-electron chi connectivity index (χ2n) is 4.41. The Kier molecular flexibility index (Phi) is 4.49. The van der Waals surface area contributed by atoms with Gasteiger partial charge in [0.05, 0.1) is 4.92 Å². The van der Waals surface area contributed by atoms with Crippen molar-refractivity contribution in [3.8, 4) is 0 Å². The summed E-state index contributed by atoms with van der Waals surface area (Å²) in [5.74, 6) is 0.178. The number of nitro groups is 1. The van der Waals surface area contributed by atoms with Gasteiger partial charge in [-0.2, -0.15) is 0 Å². The molecular formula is C11H16ClN5O2. The molecule has 0 saturated heterocycles. The molecule has 0 unspecified atom stereocenters. The summed E-state index contributed by atoms with van der Waals surface area (Å²) in [5, 5.41) is 13.7. The molecule has 1 heterocycles. The minimum atomic E-state index is -0.566. The molecule has 1 fully saturated rings. The first-order valence-corrected chi connectivity index (χ1v) is 6.64. The molecule has 104 valence electrons. The van der Waals surface area contributed by atoms with Gasteiger partial charge in [0.1, 0.15) is 6.33 Å². The molecule has 0 radical (unpaired) electrons. The van der Waals surface area contributed by atoms with Gasteiger partial charge in [-0.05, 0) is 19.4 Å². The Morgan fingerprint density at radius 3 is 2.89 bits per heavy atom. The van der Waals surface area contributed by atoms with Crippen molar-refractivity contribution in [2.45, 2.75) is 25.8 Å². The summed E-state index contributed by atoms with van der Waals surface area (Å²) >= 11 is 5.71. The van der Waals surface area contributed by atoms with Crippen LogP contribution < -0.4 is 5.32 Å². The van der Waals surface area contributed by atoms with Crippen LogP contribution in [0.15, 0.2) is 6.33 Å². The maximum Gasteiger partial charge on any atom is 0.348 e. The molecule has 0 amide bonds. The molecule has 2 rings (SSSR count). The number of hydrogen-bond donors (Lipinski definition) is 1. The van der Waals surface area contributed by atoms with Gasteiger partial charge in [-0.3, -0.25) is 15.0 Å². The first-order valence-electron chi connectivity index (χ1n) is 6.26. The maximum atomic E-state index is 10.9. The number of nitrogens with zero attached hydrogens (tertiary/aromatic N) is 4. The second-order valence-corrected chi connectivity index (χ2v) is 4.76. The molecule has 1 aromatic heterocycles. The average Bonchev–Trinajstić information content (AvgIpc) is 3.18. The SMILES string of the molecule is CCN(CCNc1ncnc(Cl)c1[N+](=O)[O-])C1CC1. The smallest absolute Gasteiger partial charge is 0.348 e. The van der Waals surface area contributed by atoms with Crippen molar-refractivity contribution in [1.29, 1.82) is 0 Å². The standard InChI is InChI=1S/C11H16ClN5O2/c1-2-16(8-3-4-8)6-5-13-11-9(17(18)19)10(12)14-7-15-11/h7-8H,2-6H2,1H3,(H,13,14,15). The quantitative estimate of drug-likeness (QED) is 0.468. The molecule has 7 nitrogen and oxygen atoms in total. The lowest BCUT2D eigenvalue weighted by atomic mass is 10.4. The van der Waals surface area contributed by atoms with Crippen LogP contribution in [0.5, 0.6) is 0 Å². The van der Waals surface area contributed by atoms with Gasteiger partial charge in [-0.15, -0.1) is 0 Å². The summed E-state index contributed by atoms with van der Waals surface area (Å²) in [6.45, 7) is 4.53. The van der Waals surface area contributed by atoms with Crippen LogP contribution in [0.4, 0.5) is 11.5 Å². The van der Waals surface area contributed by atoms with Gasteiger partial charge in [0.15, 0.2) is 0 Å². The van der Waals surface area contributed by atoms with Gasteiger partial charge >= 0.3 is 5.69 Å². The Bertz CT molecular complexity index is 466. The van der Waals surface area contributed by atoms with E-state index in [-0.39, 0.29) is 16.7 Å². The molecule has 1 aliphatic carbocycles. The van der Waals surface area contributed by atoms with E-state index in [9.17, 15) is 10.1 Å². The molecule has 1 N–H and O–H groups in total. The maximum absolute atomic E-state index is 10.9. The van der Waals surface area contributed by atoms with E-state index >= 15 is 0 Å². The van der Waals surface area contributed by atoms with Gasteiger partial charge in [0.25, 0.3) is 0 Å². The molecule has 0 atom stereocenters. The monoisotopic (exact) mass is 285 g/mol. The van der Waals surface area contributed by atoms with E-state index in [1.165, 1.54) is 19.2 Å². The average molecular weight is 286 g/mol. The minimum absolute atomic E-state index is 0.142. The fourth-order valence-corrected chi connectivity index (χ4v) is 2.21. The summed E-state index contributed by atoms with van der Waals surface area (Å²) in [6.07, 6.45) is 3.71. The number of likely N-dealkylation sites (N-methyl/N-ethyl adjacent to an activating group) is 1. The molecule has 19 heavy (non-hydrogen) atoms. The third-order valence-corrected chi connectivity index (χ3v) is 3.40. The van der Waals surface area contributed by atoms with Crippen LogP contribution in [-0.4, -0.2) is 45.5 Å². The predicted octanol–water partition coefficient (Wildman–Crippen LogP) is 1.93. The lowest BCUT2D eigenvalue weighted by molar-refractivity contribution is -0.384. The fourth-order valence-electron chi connectivity index (χ4n) is 2.00. The molecule has 0 bridgehead atoms. The summed E-state index contributed by atoms with van der Waals surface area (Å²) in [5.41, 5.74) is -0.265. The Balaban J connectivity index is 1.95. The van der Waals surface area contributed by atoms with Crippen LogP contribution in [-0.2, 0) is 0 Å². The van der Waals surface area contributed by atoms with E-state index in [0.717, 1.165) is 13.1 Å². The van der Waals surface area contributed by atoms with Crippen molar-refractivity contribution >= 4 is 23.1 Å². The predicted molar refractivity (Wildman–Crippen MR) is 72.5 cm³/mol. The number of nitrogens with one attached hydrogen (secondary N) is 1. The summed E-state index contributed by atoms with van der Waals surface area (Å²) in [6, 6.07) is 0.677. The Labute approximate surface area is 116 Å². The summed E-state index contributed by atoms with van der Waals surface area (Å²) in [7, 11) is 0. The summed E-state index contributed by atoms with van der Waals surface area (Å²) in [4.78, 5) is 20.2. The lowest BCUT2D eigenvalue weighted by Crippen LogP contribution is -2.31. The Hall–Kier alpha value is -1.47.